The molecule has 1 atom stereocenters. The molecule has 1 aromatic heterocycles. The summed E-state index contributed by atoms with van der Waals surface area (Å²) in [7, 11) is 0. The molecule has 0 bridgehead atoms. The van der Waals surface area contributed by atoms with Crippen molar-refractivity contribution in [3.8, 4) is 0 Å². The molecule has 0 aromatic carbocycles. The normalized spacial score (nSPS) is 13.2. The van der Waals surface area contributed by atoms with E-state index in [2.05, 4.69) is 15.5 Å². The summed E-state index contributed by atoms with van der Waals surface area (Å²) < 4.78 is 0. The lowest BCUT2D eigenvalue weighted by Crippen LogP contribution is -2.29. The van der Waals surface area contributed by atoms with Crippen molar-refractivity contribution in [3.63, 3.8) is 0 Å². The first kappa shape index (κ1) is 9.18. The molecule has 5 heteroatoms. The van der Waals surface area contributed by atoms with E-state index in [1.165, 1.54) is 0 Å². The van der Waals surface area contributed by atoms with Gasteiger partial charge in [0.15, 0.2) is 0 Å². The van der Waals surface area contributed by atoms with Gasteiger partial charge in [-0.25, -0.2) is 0 Å². The standard InChI is InChI=1S/C7H13N3O2/c11-5-7(12)4-8-3-6-1-2-9-10-6/h1-2,7-8,11-12H,3-5H2,(H,9,10)/t7-/m0/s1. The highest BCUT2D eigenvalue weighted by Crippen LogP contribution is 1.89. The summed E-state index contributed by atoms with van der Waals surface area (Å²) in [5.74, 6) is 0. The molecule has 0 aliphatic carbocycles. The van der Waals surface area contributed by atoms with E-state index < -0.39 is 6.10 Å². The Morgan fingerprint density at radius 2 is 2.50 bits per heavy atom. The van der Waals surface area contributed by atoms with Crippen LogP contribution in [-0.4, -0.2) is 39.7 Å². The van der Waals surface area contributed by atoms with Gasteiger partial charge in [0, 0.05) is 25.0 Å². The SMILES string of the molecule is OC[C@@H](O)CNCc1ccn[nH]1. The van der Waals surface area contributed by atoms with Gasteiger partial charge >= 0.3 is 0 Å². The lowest BCUT2D eigenvalue weighted by molar-refractivity contribution is 0.0941. The van der Waals surface area contributed by atoms with Gasteiger partial charge in [-0.3, -0.25) is 5.10 Å². The quantitative estimate of drug-likeness (QED) is 0.451. The van der Waals surface area contributed by atoms with Gasteiger partial charge in [-0.1, -0.05) is 0 Å². The van der Waals surface area contributed by atoms with Crippen LogP contribution in [0.3, 0.4) is 0 Å². The molecule has 0 fully saturated rings. The van der Waals surface area contributed by atoms with Gasteiger partial charge in [0.25, 0.3) is 0 Å². The Morgan fingerprint density at radius 1 is 1.67 bits per heavy atom. The molecular weight excluding hydrogens is 158 g/mol. The van der Waals surface area contributed by atoms with Crippen LogP contribution in [0, 0.1) is 0 Å². The molecule has 0 spiro atoms. The third-order valence-electron chi connectivity index (χ3n) is 1.46. The van der Waals surface area contributed by atoms with Crippen LogP contribution in [0.25, 0.3) is 0 Å². The lowest BCUT2D eigenvalue weighted by Gasteiger charge is -2.06. The van der Waals surface area contributed by atoms with Gasteiger partial charge in [-0.05, 0) is 6.07 Å². The lowest BCUT2D eigenvalue weighted by atomic mass is 10.3. The molecule has 0 aliphatic heterocycles. The van der Waals surface area contributed by atoms with Gasteiger partial charge in [0.1, 0.15) is 0 Å². The van der Waals surface area contributed by atoms with Crippen LogP contribution in [0.1, 0.15) is 5.69 Å². The Balaban J connectivity index is 2.11. The first-order chi connectivity index (χ1) is 5.83. The van der Waals surface area contributed by atoms with E-state index in [9.17, 15) is 0 Å². The molecule has 1 heterocycles. The number of aromatic amines is 1. The van der Waals surface area contributed by atoms with Crippen molar-refractivity contribution in [3.05, 3.63) is 18.0 Å². The molecule has 0 saturated carbocycles. The summed E-state index contributed by atoms with van der Waals surface area (Å²) in [4.78, 5) is 0. The highest BCUT2D eigenvalue weighted by molar-refractivity contribution is 4.96. The van der Waals surface area contributed by atoms with Crippen LogP contribution in [0.5, 0.6) is 0 Å². The number of aromatic nitrogens is 2. The van der Waals surface area contributed by atoms with Crippen LogP contribution >= 0.6 is 0 Å². The predicted octanol–water partition coefficient (Wildman–Crippen LogP) is -1.15. The van der Waals surface area contributed by atoms with Crippen molar-refractivity contribution < 1.29 is 10.2 Å². The Kier molecular flexibility index (Phi) is 3.72. The van der Waals surface area contributed by atoms with Gasteiger partial charge in [0.05, 0.1) is 12.7 Å². The van der Waals surface area contributed by atoms with Crippen molar-refractivity contribution in [2.24, 2.45) is 0 Å². The van der Waals surface area contributed by atoms with Crippen molar-refractivity contribution in [1.29, 1.82) is 0 Å². The van der Waals surface area contributed by atoms with E-state index in [0.29, 0.717) is 13.1 Å². The number of hydrogen-bond acceptors (Lipinski definition) is 4. The number of aliphatic hydroxyl groups excluding tert-OH is 2. The Bertz CT molecular complexity index is 200. The maximum Gasteiger partial charge on any atom is 0.0895 e. The molecule has 12 heavy (non-hydrogen) atoms. The molecule has 0 saturated heterocycles. The zero-order chi connectivity index (χ0) is 8.81. The molecule has 5 nitrogen and oxygen atoms in total. The fraction of sp³-hybridized carbons (Fsp3) is 0.571. The second-order valence-electron chi connectivity index (χ2n) is 2.55. The molecule has 0 unspecified atom stereocenters. The van der Waals surface area contributed by atoms with E-state index in [4.69, 9.17) is 10.2 Å². The first-order valence-electron chi connectivity index (χ1n) is 3.81. The zero-order valence-electron chi connectivity index (χ0n) is 6.70. The summed E-state index contributed by atoms with van der Waals surface area (Å²) in [6.45, 7) is 0.794. The Labute approximate surface area is 70.4 Å². The Morgan fingerprint density at radius 3 is 3.08 bits per heavy atom. The van der Waals surface area contributed by atoms with Crippen LogP contribution in [-0.2, 0) is 6.54 Å². The molecule has 1 aromatic rings. The second-order valence-corrected chi connectivity index (χ2v) is 2.55. The van der Waals surface area contributed by atoms with Crippen molar-refractivity contribution in [1.82, 2.24) is 15.5 Å². The fourth-order valence-corrected chi connectivity index (χ4v) is 0.821. The zero-order valence-corrected chi connectivity index (χ0v) is 6.70. The summed E-state index contributed by atoms with van der Waals surface area (Å²) >= 11 is 0. The third kappa shape index (κ3) is 3.00. The van der Waals surface area contributed by atoms with E-state index in [1.807, 2.05) is 6.07 Å². The van der Waals surface area contributed by atoms with Crippen molar-refractivity contribution in [2.75, 3.05) is 13.2 Å². The summed E-state index contributed by atoms with van der Waals surface area (Å²) in [6.07, 6.45) is 0.979. The highest BCUT2D eigenvalue weighted by Gasteiger charge is 2.00. The van der Waals surface area contributed by atoms with E-state index in [0.717, 1.165) is 5.69 Å². The average Bonchev–Trinajstić information content (AvgIpc) is 2.57. The summed E-state index contributed by atoms with van der Waals surface area (Å²) in [5, 5.41) is 26.9. The molecule has 0 radical (unpaired) electrons. The molecule has 68 valence electrons. The molecule has 1 rings (SSSR count). The highest BCUT2D eigenvalue weighted by atomic mass is 16.3. The molecule has 0 amide bonds. The number of aliphatic hydroxyl groups is 2. The topological polar surface area (TPSA) is 81.2 Å². The second kappa shape index (κ2) is 4.87. The van der Waals surface area contributed by atoms with E-state index >= 15 is 0 Å². The number of rotatable bonds is 5. The van der Waals surface area contributed by atoms with Crippen LogP contribution in [0.2, 0.25) is 0 Å². The predicted molar refractivity (Wildman–Crippen MR) is 43.4 cm³/mol. The smallest absolute Gasteiger partial charge is 0.0895 e. The van der Waals surface area contributed by atoms with Crippen LogP contribution < -0.4 is 5.32 Å². The minimum atomic E-state index is -0.687. The van der Waals surface area contributed by atoms with Crippen LogP contribution in [0.4, 0.5) is 0 Å². The van der Waals surface area contributed by atoms with Crippen molar-refractivity contribution in [2.45, 2.75) is 12.6 Å². The molecule has 4 N–H and O–H groups in total. The molecule has 0 aliphatic rings. The minimum Gasteiger partial charge on any atom is -0.394 e. The number of H-pyrrole nitrogens is 1. The maximum absolute atomic E-state index is 8.95. The number of nitrogens with zero attached hydrogens (tertiary/aromatic N) is 1. The van der Waals surface area contributed by atoms with Gasteiger partial charge in [-0.15, -0.1) is 0 Å². The van der Waals surface area contributed by atoms with Crippen molar-refractivity contribution >= 4 is 0 Å². The van der Waals surface area contributed by atoms with E-state index in [-0.39, 0.29) is 6.61 Å². The number of nitrogens with one attached hydrogen (secondary N) is 2. The number of hydrogen-bond donors (Lipinski definition) is 4. The van der Waals surface area contributed by atoms with Gasteiger partial charge in [-0.2, -0.15) is 5.10 Å². The third-order valence-corrected chi connectivity index (χ3v) is 1.46. The minimum absolute atomic E-state index is 0.212. The first-order valence-corrected chi connectivity index (χ1v) is 3.81. The fourth-order valence-electron chi connectivity index (χ4n) is 0.821. The van der Waals surface area contributed by atoms with E-state index in [1.54, 1.807) is 6.20 Å². The van der Waals surface area contributed by atoms with Crippen LogP contribution in [0.15, 0.2) is 12.3 Å². The summed E-state index contributed by atoms with van der Waals surface area (Å²) in [5.41, 5.74) is 0.958. The summed E-state index contributed by atoms with van der Waals surface area (Å²) in [6, 6.07) is 1.85. The van der Waals surface area contributed by atoms with Gasteiger partial charge < -0.3 is 15.5 Å². The monoisotopic (exact) mass is 171 g/mol. The Hall–Kier alpha value is -0.910. The van der Waals surface area contributed by atoms with Gasteiger partial charge in [0.2, 0.25) is 0 Å². The largest absolute Gasteiger partial charge is 0.394 e. The average molecular weight is 171 g/mol. The molecular formula is C7H13N3O2. The maximum atomic E-state index is 8.95.